The summed E-state index contributed by atoms with van der Waals surface area (Å²) in [5, 5.41) is 8.79. The van der Waals surface area contributed by atoms with Gasteiger partial charge in [-0.05, 0) is 37.1 Å². The molecule has 1 fully saturated rings. The van der Waals surface area contributed by atoms with Gasteiger partial charge in [0.05, 0.1) is 19.0 Å². The summed E-state index contributed by atoms with van der Waals surface area (Å²) in [6, 6.07) is 11.4. The molecule has 114 valence electrons. The lowest BCUT2D eigenvalue weighted by molar-refractivity contribution is 0.251. The average Bonchev–Trinajstić information content (AvgIpc) is 3.33. The molecule has 1 aliphatic carbocycles. The largest absolute Gasteiger partial charge is 0.497 e. The van der Waals surface area contributed by atoms with Crippen LogP contribution in [-0.2, 0) is 0 Å². The Morgan fingerprint density at radius 3 is 2.77 bits per heavy atom. The van der Waals surface area contributed by atoms with Gasteiger partial charge in [-0.3, -0.25) is 5.32 Å². The first kappa shape index (κ1) is 14.2. The molecule has 1 saturated carbocycles. The summed E-state index contributed by atoms with van der Waals surface area (Å²) in [6.45, 7) is 0. The topological polar surface area (TPSA) is 75.3 Å². The summed E-state index contributed by atoms with van der Waals surface area (Å²) < 4.78 is 5.18. The Morgan fingerprint density at radius 2 is 2.09 bits per heavy atom. The molecule has 0 saturated heterocycles. The van der Waals surface area contributed by atoms with Gasteiger partial charge >= 0.3 is 6.03 Å². The molecule has 2 amide bonds. The van der Waals surface area contributed by atoms with Crippen molar-refractivity contribution in [3.63, 3.8) is 0 Å². The molecule has 3 N–H and O–H groups in total. The van der Waals surface area contributed by atoms with E-state index in [1.54, 1.807) is 19.4 Å². The fraction of sp³-hybridized carbons (Fsp3) is 0.250. The van der Waals surface area contributed by atoms with Gasteiger partial charge in [0.25, 0.3) is 0 Å². The second-order valence-corrected chi connectivity index (χ2v) is 5.16. The van der Waals surface area contributed by atoms with Crippen LogP contribution in [0.5, 0.6) is 5.75 Å². The van der Waals surface area contributed by atoms with Crippen molar-refractivity contribution in [1.82, 2.24) is 10.3 Å². The van der Waals surface area contributed by atoms with Crippen LogP contribution in [0.2, 0.25) is 0 Å². The molecule has 0 radical (unpaired) electrons. The minimum atomic E-state index is -0.205. The number of carbonyl (C=O) groups excluding carboxylic acids is 1. The maximum Gasteiger partial charge on any atom is 0.320 e. The molecule has 0 spiro atoms. The Balaban J connectivity index is 1.59. The number of carbonyl (C=O) groups is 1. The van der Waals surface area contributed by atoms with Crippen LogP contribution in [0.4, 0.5) is 22.0 Å². The number of amides is 2. The molecule has 6 nitrogen and oxygen atoms in total. The number of hydrogen-bond acceptors (Lipinski definition) is 4. The van der Waals surface area contributed by atoms with Crippen LogP contribution < -0.4 is 20.7 Å². The zero-order valence-electron chi connectivity index (χ0n) is 12.3. The van der Waals surface area contributed by atoms with Gasteiger partial charge in [-0.1, -0.05) is 6.07 Å². The standard InChI is InChI=1S/C16H18N4O2/c1-22-14-4-2-3-12(9-14)18-13-7-8-15(17-10-13)20-16(21)19-11-5-6-11/h2-4,7-11,18H,5-6H2,1H3,(H2,17,19,20,21). The lowest BCUT2D eigenvalue weighted by Crippen LogP contribution is -2.30. The lowest BCUT2D eigenvalue weighted by Gasteiger charge is -2.09. The number of ether oxygens (including phenoxy) is 1. The van der Waals surface area contributed by atoms with Crippen LogP contribution in [0.15, 0.2) is 42.6 Å². The number of rotatable bonds is 5. The van der Waals surface area contributed by atoms with E-state index in [0.29, 0.717) is 11.9 Å². The maximum absolute atomic E-state index is 11.6. The van der Waals surface area contributed by atoms with Crippen molar-refractivity contribution >= 4 is 23.2 Å². The van der Waals surface area contributed by atoms with Crippen molar-refractivity contribution in [2.75, 3.05) is 17.7 Å². The minimum Gasteiger partial charge on any atom is -0.497 e. The first-order valence-electron chi connectivity index (χ1n) is 7.17. The number of methoxy groups -OCH3 is 1. The SMILES string of the molecule is COc1cccc(Nc2ccc(NC(=O)NC3CC3)nc2)c1. The van der Waals surface area contributed by atoms with E-state index in [-0.39, 0.29) is 6.03 Å². The first-order valence-corrected chi connectivity index (χ1v) is 7.17. The van der Waals surface area contributed by atoms with E-state index in [2.05, 4.69) is 20.9 Å². The van der Waals surface area contributed by atoms with E-state index in [1.165, 1.54) is 0 Å². The van der Waals surface area contributed by atoms with Gasteiger partial charge in [-0.15, -0.1) is 0 Å². The Morgan fingerprint density at radius 1 is 1.23 bits per heavy atom. The highest BCUT2D eigenvalue weighted by Crippen LogP contribution is 2.22. The molecule has 0 unspecified atom stereocenters. The molecule has 1 heterocycles. The van der Waals surface area contributed by atoms with Crippen molar-refractivity contribution in [2.24, 2.45) is 0 Å². The number of urea groups is 1. The Labute approximate surface area is 128 Å². The molecule has 0 aliphatic heterocycles. The Bertz CT molecular complexity index is 653. The van der Waals surface area contributed by atoms with Gasteiger partial charge in [0.1, 0.15) is 11.6 Å². The fourth-order valence-electron chi connectivity index (χ4n) is 1.97. The first-order chi connectivity index (χ1) is 10.7. The minimum absolute atomic E-state index is 0.205. The maximum atomic E-state index is 11.6. The zero-order chi connectivity index (χ0) is 15.4. The number of hydrogen-bond donors (Lipinski definition) is 3. The monoisotopic (exact) mass is 298 g/mol. The summed E-state index contributed by atoms with van der Waals surface area (Å²) in [5.41, 5.74) is 1.75. The summed E-state index contributed by atoms with van der Waals surface area (Å²) in [7, 11) is 1.63. The Hall–Kier alpha value is -2.76. The van der Waals surface area contributed by atoms with Gasteiger partial charge in [0.15, 0.2) is 0 Å². The summed E-state index contributed by atoms with van der Waals surface area (Å²) in [4.78, 5) is 15.8. The summed E-state index contributed by atoms with van der Waals surface area (Å²) in [5.74, 6) is 1.31. The van der Waals surface area contributed by atoms with Crippen LogP contribution in [-0.4, -0.2) is 24.2 Å². The van der Waals surface area contributed by atoms with Crippen molar-refractivity contribution in [3.05, 3.63) is 42.6 Å². The van der Waals surface area contributed by atoms with Crippen LogP contribution in [0.25, 0.3) is 0 Å². The predicted molar refractivity (Wildman–Crippen MR) is 85.7 cm³/mol. The molecule has 1 aromatic heterocycles. The molecule has 2 aromatic rings. The molecule has 1 aromatic carbocycles. The quantitative estimate of drug-likeness (QED) is 0.793. The number of nitrogens with zero attached hydrogens (tertiary/aromatic N) is 1. The molecule has 0 atom stereocenters. The molecule has 3 rings (SSSR count). The number of nitrogens with one attached hydrogen (secondary N) is 3. The van der Waals surface area contributed by atoms with Crippen molar-refractivity contribution in [1.29, 1.82) is 0 Å². The summed E-state index contributed by atoms with van der Waals surface area (Å²) >= 11 is 0. The van der Waals surface area contributed by atoms with E-state index in [0.717, 1.165) is 30.0 Å². The van der Waals surface area contributed by atoms with Gasteiger partial charge in [-0.2, -0.15) is 0 Å². The highest BCUT2D eigenvalue weighted by molar-refractivity contribution is 5.88. The highest BCUT2D eigenvalue weighted by atomic mass is 16.5. The van der Waals surface area contributed by atoms with Crippen LogP contribution in [0, 0.1) is 0 Å². The summed E-state index contributed by atoms with van der Waals surface area (Å²) in [6.07, 6.45) is 3.79. The fourth-order valence-corrected chi connectivity index (χ4v) is 1.97. The lowest BCUT2D eigenvalue weighted by atomic mass is 10.3. The third-order valence-corrected chi connectivity index (χ3v) is 3.28. The molecular formula is C16H18N4O2. The molecule has 1 aliphatic rings. The second kappa shape index (κ2) is 6.34. The Kier molecular flexibility index (Phi) is 4.09. The van der Waals surface area contributed by atoms with Gasteiger partial charge in [-0.25, -0.2) is 9.78 Å². The number of anilines is 3. The van der Waals surface area contributed by atoms with Crippen LogP contribution in [0.3, 0.4) is 0 Å². The highest BCUT2D eigenvalue weighted by Gasteiger charge is 2.23. The number of pyridine rings is 1. The van der Waals surface area contributed by atoms with Gasteiger partial charge in [0, 0.05) is 17.8 Å². The van der Waals surface area contributed by atoms with E-state index in [4.69, 9.17) is 4.74 Å². The van der Waals surface area contributed by atoms with E-state index in [9.17, 15) is 4.79 Å². The smallest absolute Gasteiger partial charge is 0.320 e. The van der Waals surface area contributed by atoms with Crippen molar-refractivity contribution in [2.45, 2.75) is 18.9 Å². The second-order valence-electron chi connectivity index (χ2n) is 5.16. The average molecular weight is 298 g/mol. The molecular weight excluding hydrogens is 280 g/mol. The van der Waals surface area contributed by atoms with Crippen molar-refractivity contribution < 1.29 is 9.53 Å². The molecule has 6 heteroatoms. The van der Waals surface area contributed by atoms with E-state index >= 15 is 0 Å². The number of benzene rings is 1. The third kappa shape index (κ3) is 3.88. The normalized spacial score (nSPS) is 13.3. The number of aromatic nitrogens is 1. The zero-order valence-corrected chi connectivity index (χ0v) is 12.3. The van der Waals surface area contributed by atoms with Gasteiger partial charge < -0.3 is 15.4 Å². The molecule has 22 heavy (non-hydrogen) atoms. The van der Waals surface area contributed by atoms with Crippen LogP contribution in [0.1, 0.15) is 12.8 Å². The van der Waals surface area contributed by atoms with E-state index < -0.39 is 0 Å². The predicted octanol–water partition coefficient (Wildman–Crippen LogP) is 3.12. The van der Waals surface area contributed by atoms with Crippen LogP contribution >= 0.6 is 0 Å². The van der Waals surface area contributed by atoms with Crippen molar-refractivity contribution in [3.8, 4) is 5.75 Å². The molecule has 0 bridgehead atoms. The van der Waals surface area contributed by atoms with Gasteiger partial charge in [0.2, 0.25) is 0 Å². The third-order valence-electron chi connectivity index (χ3n) is 3.28. The van der Waals surface area contributed by atoms with E-state index in [1.807, 2.05) is 30.3 Å².